The number of fused-ring (bicyclic) bond motifs is 1. The van der Waals surface area contributed by atoms with Crippen molar-refractivity contribution >= 4 is 43.8 Å². The van der Waals surface area contributed by atoms with Crippen LogP contribution in [0.25, 0.3) is 16.0 Å². The quantitative estimate of drug-likeness (QED) is 0.305. The molecule has 0 aliphatic carbocycles. The van der Waals surface area contributed by atoms with Crippen LogP contribution in [0.2, 0.25) is 0 Å². The maximum absolute atomic E-state index is 11.9. The van der Waals surface area contributed by atoms with E-state index in [2.05, 4.69) is 33.2 Å². The van der Waals surface area contributed by atoms with Gasteiger partial charge in [0.2, 0.25) is 21.1 Å². The summed E-state index contributed by atoms with van der Waals surface area (Å²) in [5.74, 6) is 0. The number of hydrogen-bond donors (Lipinski definition) is 1. The first kappa shape index (κ1) is 19.5. The fraction of sp³-hybridized carbons (Fsp3) is 0.214. The molecule has 2 aromatic heterocycles. The lowest BCUT2D eigenvalue weighted by Crippen LogP contribution is -2.32. The van der Waals surface area contributed by atoms with Gasteiger partial charge >= 0.3 is 5.65 Å². The van der Waals surface area contributed by atoms with Crippen LogP contribution in [0.1, 0.15) is 5.56 Å². The SMILES string of the molecule is COS(=O)(=O)[O-].CSc1sc2c(=O)[nH]cnc2[n+]1-c1cccc(C)c1. The summed E-state index contributed by atoms with van der Waals surface area (Å²) in [5, 5.41) is 0. The van der Waals surface area contributed by atoms with Gasteiger partial charge in [0, 0.05) is 0 Å². The van der Waals surface area contributed by atoms with Gasteiger partial charge in [0.05, 0.1) is 7.11 Å². The first-order chi connectivity index (χ1) is 11.8. The predicted molar refractivity (Wildman–Crippen MR) is 95.0 cm³/mol. The smallest absolute Gasteiger partial charge is 0.354 e. The summed E-state index contributed by atoms with van der Waals surface area (Å²) in [7, 11) is -3.60. The molecule has 11 heteroatoms. The lowest BCUT2D eigenvalue weighted by Gasteiger charge is -2.00. The van der Waals surface area contributed by atoms with Gasteiger partial charge in [-0.05, 0) is 35.9 Å². The number of thioether (sulfide) groups is 1. The molecular formula is C14H15N3O5S3. The molecule has 0 radical (unpaired) electrons. The second-order valence-corrected chi connectivity index (χ2v) is 7.91. The van der Waals surface area contributed by atoms with Crippen LogP contribution in [-0.4, -0.2) is 36.3 Å². The molecule has 0 aliphatic heterocycles. The first-order valence-corrected chi connectivity index (χ1v) is 10.2. The fourth-order valence-corrected chi connectivity index (χ4v) is 3.78. The van der Waals surface area contributed by atoms with E-state index in [9.17, 15) is 17.8 Å². The lowest BCUT2D eigenvalue weighted by molar-refractivity contribution is -0.603. The van der Waals surface area contributed by atoms with Gasteiger partial charge in [-0.25, -0.2) is 8.42 Å². The van der Waals surface area contributed by atoms with Crippen molar-refractivity contribution in [2.24, 2.45) is 0 Å². The fourth-order valence-electron chi connectivity index (χ4n) is 1.98. The molecule has 0 amide bonds. The van der Waals surface area contributed by atoms with Gasteiger partial charge in [0.25, 0.3) is 5.56 Å². The van der Waals surface area contributed by atoms with E-state index in [1.165, 1.54) is 23.2 Å². The highest BCUT2D eigenvalue weighted by atomic mass is 32.3. The van der Waals surface area contributed by atoms with Crippen molar-refractivity contribution in [1.82, 2.24) is 9.97 Å². The zero-order valence-corrected chi connectivity index (χ0v) is 16.0. The maximum Gasteiger partial charge on any atom is 0.354 e. The van der Waals surface area contributed by atoms with Crippen LogP contribution in [0, 0.1) is 6.92 Å². The maximum atomic E-state index is 11.9. The molecule has 1 aromatic carbocycles. The van der Waals surface area contributed by atoms with Crippen LogP contribution < -0.4 is 10.1 Å². The standard InChI is InChI=1S/C13H11N3OS2.CH4O4S/c1-8-4-3-5-9(6-8)16-11-10(19-13(16)18-2)12(17)15-7-14-11;1-5-6(2,3)4/h3-7H,1-2H3;1H3,(H,2,3,4). The van der Waals surface area contributed by atoms with E-state index in [1.807, 2.05) is 23.0 Å². The van der Waals surface area contributed by atoms with Crippen molar-refractivity contribution < 1.29 is 21.7 Å². The van der Waals surface area contributed by atoms with Gasteiger partial charge in [-0.2, -0.15) is 4.57 Å². The predicted octanol–water partition coefficient (Wildman–Crippen LogP) is 1.38. The van der Waals surface area contributed by atoms with Gasteiger partial charge in [-0.1, -0.05) is 35.2 Å². The first-order valence-electron chi connectivity index (χ1n) is 6.81. The Labute approximate surface area is 152 Å². The number of rotatable bonds is 3. The Morgan fingerprint density at radius 2 is 2.08 bits per heavy atom. The van der Waals surface area contributed by atoms with Crippen molar-refractivity contribution in [2.45, 2.75) is 11.3 Å². The van der Waals surface area contributed by atoms with Crippen molar-refractivity contribution in [3.05, 3.63) is 46.5 Å². The van der Waals surface area contributed by atoms with E-state index in [0.717, 1.165) is 17.1 Å². The number of hydrogen-bond acceptors (Lipinski definition) is 8. The minimum Gasteiger partial charge on any atom is -0.726 e. The monoisotopic (exact) mass is 401 g/mol. The largest absolute Gasteiger partial charge is 0.726 e. The number of aromatic amines is 1. The second kappa shape index (κ2) is 8.06. The Balaban J connectivity index is 0.000000326. The Kier molecular flexibility index (Phi) is 6.30. The van der Waals surface area contributed by atoms with E-state index >= 15 is 0 Å². The number of benzene rings is 1. The molecule has 3 rings (SSSR count). The Hall–Kier alpha value is -1.79. The van der Waals surface area contributed by atoms with E-state index in [4.69, 9.17) is 0 Å². The molecule has 0 fully saturated rings. The molecule has 0 aliphatic rings. The van der Waals surface area contributed by atoms with Crippen LogP contribution in [0.4, 0.5) is 0 Å². The number of thiazole rings is 1. The summed E-state index contributed by atoms with van der Waals surface area (Å²) in [6.07, 6.45) is 3.46. The third-order valence-corrected chi connectivity index (χ3v) is 5.63. The van der Waals surface area contributed by atoms with Gasteiger partial charge in [-0.15, -0.1) is 0 Å². The van der Waals surface area contributed by atoms with Gasteiger partial charge in [-0.3, -0.25) is 14.0 Å². The highest BCUT2D eigenvalue weighted by Gasteiger charge is 2.23. The van der Waals surface area contributed by atoms with Crippen molar-refractivity contribution in [3.63, 3.8) is 0 Å². The topological polar surface area (TPSA) is 116 Å². The number of H-pyrrole nitrogens is 1. The zero-order valence-electron chi connectivity index (χ0n) is 13.5. The average Bonchev–Trinajstić information content (AvgIpc) is 2.95. The van der Waals surface area contributed by atoms with Gasteiger partial charge < -0.3 is 4.55 Å². The van der Waals surface area contributed by atoms with Crippen LogP contribution in [0.15, 0.2) is 39.7 Å². The highest BCUT2D eigenvalue weighted by molar-refractivity contribution is 8.00. The molecule has 134 valence electrons. The normalized spacial score (nSPS) is 11.2. The highest BCUT2D eigenvalue weighted by Crippen LogP contribution is 2.24. The Bertz CT molecular complexity index is 1040. The van der Waals surface area contributed by atoms with Crippen molar-refractivity contribution in [1.29, 1.82) is 0 Å². The molecule has 2 heterocycles. The molecular weight excluding hydrogens is 386 g/mol. The molecule has 0 saturated heterocycles. The summed E-state index contributed by atoms with van der Waals surface area (Å²) in [4.78, 5) is 18.8. The third kappa shape index (κ3) is 4.86. The minimum absolute atomic E-state index is 0.0864. The molecule has 3 aromatic rings. The average molecular weight is 401 g/mol. The zero-order chi connectivity index (χ0) is 18.6. The van der Waals surface area contributed by atoms with Crippen molar-refractivity contribution in [3.8, 4) is 5.69 Å². The van der Waals surface area contributed by atoms with E-state index in [-0.39, 0.29) is 5.56 Å². The number of aromatic nitrogens is 3. The van der Waals surface area contributed by atoms with E-state index in [0.29, 0.717) is 10.3 Å². The molecule has 1 N–H and O–H groups in total. The summed E-state index contributed by atoms with van der Waals surface area (Å²) >= 11 is 3.09. The summed E-state index contributed by atoms with van der Waals surface area (Å²) < 4.78 is 34.8. The second-order valence-electron chi connectivity index (χ2n) is 4.71. The number of nitrogens with one attached hydrogen (secondary N) is 1. The van der Waals surface area contributed by atoms with Gasteiger partial charge in [0.1, 0.15) is 5.69 Å². The van der Waals surface area contributed by atoms with Crippen LogP contribution in [0.3, 0.4) is 0 Å². The van der Waals surface area contributed by atoms with Crippen LogP contribution >= 0.6 is 23.1 Å². The summed E-state index contributed by atoms with van der Waals surface area (Å²) in [6.45, 7) is 2.05. The number of aryl methyl sites for hydroxylation is 1. The molecule has 0 saturated carbocycles. The molecule has 0 spiro atoms. The molecule has 8 nitrogen and oxygen atoms in total. The van der Waals surface area contributed by atoms with Crippen LogP contribution in [0.5, 0.6) is 0 Å². The van der Waals surface area contributed by atoms with E-state index in [1.54, 1.807) is 11.8 Å². The molecule has 25 heavy (non-hydrogen) atoms. The van der Waals surface area contributed by atoms with Crippen LogP contribution in [-0.2, 0) is 14.6 Å². The van der Waals surface area contributed by atoms with Gasteiger partial charge in [0.15, 0.2) is 4.70 Å². The van der Waals surface area contributed by atoms with Crippen molar-refractivity contribution in [2.75, 3.05) is 13.4 Å². The Morgan fingerprint density at radius 3 is 2.64 bits per heavy atom. The number of nitrogens with zero attached hydrogens (tertiary/aromatic N) is 2. The summed E-state index contributed by atoms with van der Waals surface area (Å²) in [5.41, 5.74) is 2.84. The molecule has 0 atom stereocenters. The Morgan fingerprint density at radius 1 is 1.40 bits per heavy atom. The summed E-state index contributed by atoms with van der Waals surface area (Å²) in [6, 6.07) is 8.19. The lowest BCUT2D eigenvalue weighted by atomic mass is 10.2. The molecule has 0 bridgehead atoms. The minimum atomic E-state index is -4.41. The third-order valence-electron chi connectivity index (χ3n) is 3.01. The molecule has 0 unspecified atom stereocenters. The van der Waals surface area contributed by atoms with E-state index < -0.39 is 10.4 Å².